The molecule has 3 aromatic carbocycles. The van der Waals surface area contributed by atoms with E-state index in [-0.39, 0.29) is 28.8 Å². The van der Waals surface area contributed by atoms with Crippen molar-refractivity contribution in [3.63, 3.8) is 0 Å². The Morgan fingerprint density at radius 3 is 2.56 bits per heavy atom. The van der Waals surface area contributed by atoms with Crippen molar-refractivity contribution in [2.75, 3.05) is 7.11 Å². The van der Waals surface area contributed by atoms with Crippen LogP contribution in [0.4, 0.5) is 4.39 Å². The number of nitrogens with one attached hydrogen (secondary N) is 1. The van der Waals surface area contributed by atoms with Crippen LogP contribution in [0.15, 0.2) is 72.3 Å². The smallest absolute Gasteiger partial charge is 0.262 e. The highest BCUT2D eigenvalue weighted by Gasteiger charge is 2.15. The first-order chi connectivity index (χ1) is 15.5. The Hall–Kier alpha value is -3.82. The molecule has 7 heteroatoms. The number of hydrogen-bond acceptors (Lipinski definition) is 4. The molecule has 1 N–H and O–H groups in total. The number of halogens is 2. The number of ether oxygens (including phenoxy) is 2. The number of nitriles is 1. The van der Waals surface area contributed by atoms with Gasteiger partial charge in [0.05, 0.1) is 12.1 Å². The van der Waals surface area contributed by atoms with Gasteiger partial charge in [0.25, 0.3) is 5.91 Å². The Kier molecular flexibility index (Phi) is 7.85. The number of hydrogen-bond donors (Lipinski definition) is 1. The van der Waals surface area contributed by atoms with Gasteiger partial charge in [0.15, 0.2) is 11.5 Å². The first-order valence-corrected chi connectivity index (χ1v) is 10.1. The number of methoxy groups -OCH3 is 1. The second kappa shape index (κ2) is 11.0. The lowest BCUT2D eigenvalue weighted by molar-refractivity contribution is -0.117. The van der Waals surface area contributed by atoms with Gasteiger partial charge in [-0.2, -0.15) is 5.26 Å². The molecule has 3 aromatic rings. The van der Waals surface area contributed by atoms with Crippen LogP contribution in [0.25, 0.3) is 6.08 Å². The van der Waals surface area contributed by atoms with Crippen molar-refractivity contribution >= 4 is 23.6 Å². The molecule has 0 radical (unpaired) electrons. The summed E-state index contributed by atoms with van der Waals surface area (Å²) in [6.07, 6.45) is 1.41. The minimum atomic E-state index is -0.508. The summed E-state index contributed by atoms with van der Waals surface area (Å²) in [5, 5.41) is 12.4. The zero-order valence-corrected chi connectivity index (χ0v) is 18.0. The van der Waals surface area contributed by atoms with Gasteiger partial charge in [-0.1, -0.05) is 60.1 Å². The van der Waals surface area contributed by atoms with Gasteiger partial charge >= 0.3 is 0 Å². The minimum Gasteiger partial charge on any atom is -0.493 e. The highest BCUT2D eigenvalue weighted by Crippen LogP contribution is 2.37. The summed E-state index contributed by atoms with van der Waals surface area (Å²) in [5.41, 5.74) is 1.69. The molecule has 0 aliphatic carbocycles. The fraction of sp³-hybridized carbons (Fsp3) is 0.120. The highest BCUT2D eigenvalue weighted by atomic mass is 35.5. The van der Waals surface area contributed by atoms with E-state index in [4.69, 9.17) is 21.1 Å². The fourth-order valence-corrected chi connectivity index (χ4v) is 3.19. The van der Waals surface area contributed by atoms with Crippen LogP contribution in [0.3, 0.4) is 0 Å². The number of nitrogens with zero attached hydrogens (tertiary/aromatic N) is 1. The molecule has 0 heterocycles. The molecule has 0 aliphatic rings. The lowest BCUT2D eigenvalue weighted by Gasteiger charge is -2.14. The van der Waals surface area contributed by atoms with Crippen LogP contribution in [-0.4, -0.2) is 13.0 Å². The van der Waals surface area contributed by atoms with Crippen LogP contribution < -0.4 is 14.8 Å². The van der Waals surface area contributed by atoms with Crippen molar-refractivity contribution in [2.24, 2.45) is 0 Å². The maximum absolute atomic E-state index is 13.8. The third-order valence-corrected chi connectivity index (χ3v) is 4.83. The maximum atomic E-state index is 13.8. The second-order valence-electron chi connectivity index (χ2n) is 6.75. The van der Waals surface area contributed by atoms with Crippen LogP contribution in [0, 0.1) is 17.1 Å². The van der Waals surface area contributed by atoms with E-state index < -0.39 is 5.91 Å². The van der Waals surface area contributed by atoms with Crippen LogP contribution >= 0.6 is 11.6 Å². The molecule has 5 nitrogen and oxygen atoms in total. The van der Waals surface area contributed by atoms with Crippen LogP contribution in [0.2, 0.25) is 5.02 Å². The summed E-state index contributed by atoms with van der Waals surface area (Å²) in [6, 6.07) is 20.7. The molecule has 0 spiro atoms. The van der Waals surface area contributed by atoms with Crippen LogP contribution in [0.5, 0.6) is 11.5 Å². The predicted octanol–water partition coefficient (Wildman–Crippen LogP) is 5.29. The van der Waals surface area contributed by atoms with Gasteiger partial charge in [0.2, 0.25) is 0 Å². The van der Waals surface area contributed by atoms with Crippen molar-refractivity contribution in [3.05, 3.63) is 99.8 Å². The van der Waals surface area contributed by atoms with Crippen molar-refractivity contribution in [2.45, 2.75) is 13.2 Å². The van der Waals surface area contributed by atoms with Crippen LogP contribution in [-0.2, 0) is 17.9 Å². The zero-order chi connectivity index (χ0) is 22.9. The molecule has 1 amide bonds. The molecule has 0 aromatic heterocycles. The summed E-state index contributed by atoms with van der Waals surface area (Å²) < 4.78 is 24.9. The maximum Gasteiger partial charge on any atom is 0.262 e. The van der Waals surface area contributed by atoms with Crippen molar-refractivity contribution < 1.29 is 18.7 Å². The van der Waals surface area contributed by atoms with Gasteiger partial charge in [0.1, 0.15) is 24.1 Å². The van der Waals surface area contributed by atoms with Gasteiger partial charge in [-0.05, 0) is 35.4 Å². The Morgan fingerprint density at radius 2 is 1.88 bits per heavy atom. The molecule has 0 aliphatic heterocycles. The standard InChI is InChI=1S/C25H20ClFN2O3/c1-31-23-13-18(11-20(14-28)25(30)29-15-17-7-3-2-4-8-17)12-21(26)24(23)32-16-19-9-5-6-10-22(19)27/h2-13H,15-16H2,1H3,(H,29,30)/b20-11-. The number of carbonyl (C=O) groups is 1. The molecule has 0 bridgehead atoms. The first-order valence-electron chi connectivity index (χ1n) is 9.69. The summed E-state index contributed by atoms with van der Waals surface area (Å²) in [5.74, 6) is -0.364. The average molecular weight is 451 g/mol. The van der Waals surface area contributed by atoms with E-state index in [2.05, 4.69) is 5.32 Å². The minimum absolute atomic E-state index is 0.0384. The first kappa shape index (κ1) is 22.9. The zero-order valence-electron chi connectivity index (χ0n) is 17.3. The van der Waals surface area contributed by atoms with Crippen molar-refractivity contribution in [1.29, 1.82) is 5.26 Å². The van der Waals surface area contributed by atoms with E-state index in [1.807, 2.05) is 36.4 Å². The van der Waals surface area contributed by atoms with Crippen molar-refractivity contribution in [3.8, 4) is 17.6 Å². The summed E-state index contributed by atoms with van der Waals surface area (Å²) in [4.78, 5) is 12.4. The predicted molar refractivity (Wildman–Crippen MR) is 121 cm³/mol. The van der Waals surface area contributed by atoms with Crippen molar-refractivity contribution in [1.82, 2.24) is 5.32 Å². The van der Waals surface area contributed by atoms with Gasteiger partial charge in [0, 0.05) is 12.1 Å². The highest BCUT2D eigenvalue weighted by molar-refractivity contribution is 6.32. The average Bonchev–Trinajstić information content (AvgIpc) is 2.81. The summed E-state index contributed by atoms with van der Waals surface area (Å²) in [6.45, 7) is 0.259. The number of rotatable bonds is 8. The molecule has 0 atom stereocenters. The molecular formula is C25H20ClFN2O3. The summed E-state index contributed by atoms with van der Waals surface area (Å²) in [7, 11) is 1.44. The quantitative estimate of drug-likeness (QED) is 0.374. The second-order valence-corrected chi connectivity index (χ2v) is 7.16. The monoisotopic (exact) mass is 450 g/mol. The third kappa shape index (κ3) is 5.87. The molecule has 32 heavy (non-hydrogen) atoms. The lowest BCUT2D eigenvalue weighted by Crippen LogP contribution is -2.23. The third-order valence-electron chi connectivity index (χ3n) is 4.55. The molecule has 3 rings (SSSR count). The fourth-order valence-electron chi connectivity index (χ4n) is 2.92. The Balaban J connectivity index is 1.77. The van der Waals surface area contributed by atoms with Crippen LogP contribution in [0.1, 0.15) is 16.7 Å². The van der Waals surface area contributed by atoms with E-state index in [0.29, 0.717) is 23.4 Å². The van der Waals surface area contributed by atoms with E-state index >= 15 is 0 Å². The Bertz CT molecular complexity index is 1170. The molecular weight excluding hydrogens is 431 g/mol. The SMILES string of the molecule is COc1cc(/C=C(/C#N)C(=O)NCc2ccccc2)cc(Cl)c1OCc1ccccc1F. The topological polar surface area (TPSA) is 71.3 Å². The van der Waals surface area contributed by atoms with E-state index in [1.54, 1.807) is 30.3 Å². The van der Waals surface area contributed by atoms with E-state index in [0.717, 1.165) is 5.56 Å². The lowest BCUT2D eigenvalue weighted by atomic mass is 10.1. The molecule has 0 saturated carbocycles. The molecule has 0 saturated heterocycles. The summed E-state index contributed by atoms with van der Waals surface area (Å²) >= 11 is 6.36. The molecule has 0 unspecified atom stereocenters. The van der Waals surface area contributed by atoms with Gasteiger partial charge < -0.3 is 14.8 Å². The molecule has 0 fully saturated rings. The van der Waals surface area contributed by atoms with E-state index in [1.165, 1.54) is 19.3 Å². The Morgan fingerprint density at radius 1 is 1.16 bits per heavy atom. The number of amides is 1. The van der Waals surface area contributed by atoms with Gasteiger partial charge in [-0.3, -0.25) is 4.79 Å². The molecule has 162 valence electrons. The Labute approximate surface area is 190 Å². The number of carbonyl (C=O) groups excluding carboxylic acids is 1. The van der Waals surface area contributed by atoms with E-state index in [9.17, 15) is 14.4 Å². The van der Waals surface area contributed by atoms with Gasteiger partial charge in [-0.25, -0.2) is 4.39 Å². The normalized spacial score (nSPS) is 10.9. The number of benzene rings is 3. The van der Waals surface area contributed by atoms with Gasteiger partial charge in [-0.15, -0.1) is 0 Å². The largest absolute Gasteiger partial charge is 0.493 e.